The van der Waals surface area contributed by atoms with Gasteiger partial charge in [-0.2, -0.15) is 13.2 Å². The van der Waals surface area contributed by atoms with Crippen molar-refractivity contribution in [1.29, 1.82) is 0 Å². The lowest BCUT2D eigenvalue weighted by Gasteiger charge is -2.18. The van der Waals surface area contributed by atoms with Crippen LogP contribution < -0.4 is 4.72 Å². The van der Waals surface area contributed by atoms with Gasteiger partial charge in [0.05, 0.1) is 23.4 Å². The molecule has 152 valence electrons. The van der Waals surface area contributed by atoms with E-state index in [1.807, 2.05) is 4.72 Å². The van der Waals surface area contributed by atoms with Gasteiger partial charge in [-0.05, 0) is 36.2 Å². The second-order valence-electron chi connectivity index (χ2n) is 5.79. The van der Waals surface area contributed by atoms with Crippen LogP contribution in [0.15, 0.2) is 42.6 Å². The van der Waals surface area contributed by atoms with E-state index >= 15 is 0 Å². The number of hydrogen-bond acceptors (Lipinski definition) is 6. The van der Waals surface area contributed by atoms with Gasteiger partial charge in [-0.3, -0.25) is 9.78 Å². The van der Waals surface area contributed by atoms with Gasteiger partial charge >= 0.3 is 6.18 Å². The molecule has 1 heterocycles. The standard InChI is InChI=1S/C17H17F3N2O5S/c18-17(19,20)13-4-1-11(2-5-13)15(7-8-23)28(26,27)22-16(25)12-3-6-14(10-24)21-9-12/h1-6,9,15,23-24H,7-8,10H2,(H,22,25). The summed E-state index contributed by atoms with van der Waals surface area (Å²) in [5.74, 6) is -0.994. The molecule has 0 fully saturated rings. The van der Waals surface area contributed by atoms with Gasteiger partial charge in [0.2, 0.25) is 10.0 Å². The molecule has 2 rings (SSSR count). The van der Waals surface area contributed by atoms with Crippen molar-refractivity contribution in [3.8, 4) is 0 Å². The summed E-state index contributed by atoms with van der Waals surface area (Å²) in [4.78, 5) is 15.9. The third-order valence-electron chi connectivity index (χ3n) is 3.86. The molecule has 3 N–H and O–H groups in total. The molecule has 0 aliphatic rings. The molecule has 0 saturated carbocycles. The molecule has 0 saturated heterocycles. The molecule has 28 heavy (non-hydrogen) atoms. The van der Waals surface area contributed by atoms with Gasteiger partial charge in [-0.15, -0.1) is 0 Å². The minimum Gasteiger partial charge on any atom is -0.396 e. The van der Waals surface area contributed by atoms with E-state index in [4.69, 9.17) is 10.2 Å². The molecular formula is C17H17F3N2O5S. The van der Waals surface area contributed by atoms with Crippen LogP contribution in [0.25, 0.3) is 0 Å². The number of aliphatic hydroxyl groups excluding tert-OH is 2. The van der Waals surface area contributed by atoms with Gasteiger partial charge in [0.15, 0.2) is 0 Å². The second-order valence-corrected chi connectivity index (χ2v) is 7.66. The van der Waals surface area contributed by atoms with Crippen molar-refractivity contribution < 1.29 is 36.6 Å². The summed E-state index contributed by atoms with van der Waals surface area (Å²) >= 11 is 0. The fourth-order valence-corrected chi connectivity index (χ4v) is 3.87. The molecule has 1 atom stereocenters. The molecule has 2 aromatic rings. The van der Waals surface area contributed by atoms with Crippen LogP contribution in [0.2, 0.25) is 0 Å². The predicted octanol–water partition coefficient (Wildman–Crippen LogP) is 1.78. The SMILES string of the molecule is O=C(NS(=O)(=O)C(CCO)c1ccc(C(F)(F)F)cc1)c1ccc(CO)nc1. The molecule has 1 amide bonds. The number of alkyl halides is 3. The zero-order valence-corrected chi connectivity index (χ0v) is 15.2. The van der Waals surface area contributed by atoms with Crippen molar-refractivity contribution in [3.63, 3.8) is 0 Å². The van der Waals surface area contributed by atoms with Crippen molar-refractivity contribution in [2.75, 3.05) is 6.61 Å². The Morgan fingerprint density at radius 3 is 2.21 bits per heavy atom. The molecule has 1 unspecified atom stereocenters. The maximum Gasteiger partial charge on any atom is 0.416 e. The summed E-state index contributed by atoms with van der Waals surface area (Å²) in [6.07, 6.45) is -3.82. The van der Waals surface area contributed by atoms with E-state index in [0.29, 0.717) is 0 Å². The third-order valence-corrected chi connectivity index (χ3v) is 5.59. The predicted molar refractivity (Wildman–Crippen MR) is 92.4 cm³/mol. The lowest BCUT2D eigenvalue weighted by atomic mass is 10.1. The Morgan fingerprint density at radius 2 is 1.75 bits per heavy atom. The average molecular weight is 418 g/mol. The minimum absolute atomic E-state index is 0.00361. The Hall–Kier alpha value is -2.50. The van der Waals surface area contributed by atoms with E-state index in [2.05, 4.69) is 4.98 Å². The number of hydrogen-bond donors (Lipinski definition) is 3. The summed E-state index contributed by atoms with van der Waals surface area (Å²) in [6, 6.07) is 6.04. The van der Waals surface area contributed by atoms with Crippen molar-refractivity contribution >= 4 is 15.9 Å². The summed E-state index contributed by atoms with van der Waals surface area (Å²) in [5.41, 5.74) is -0.759. The molecule has 11 heteroatoms. The lowest BCUT2D eigenvalue weighted by Crippen LogP contribution is -2.35. The number of aliphatic hydroxyl groups is 2. The summed E-state index contributed by atoms with van der Waals surface area (Å²) in [7, 11) is -4.37. The van der Waals surface area contributed by atoms with E-state index in [1.165, 1.54) is 12.1 Å². The van der Waals surface area contributed by atoms with Crippen LogP contribution >= 0.6 is 0 Å². The first-order valence-electron chi connectivity index (χ1n) is 7.98. The van der Waals surface area contributed by atoms with Crippen molar-refractivity contribution in [2.45, 2.75) is 24.5 Å². The number of pyridine rings is 1. The van der Waals surface area contributed by atoms with E-state index in [-0.39, 0.29) is 29.8 Å². The zero-order chi connectivity index (χ0) is 20.9. The number of rotatable bonds is 7. The number of nitrogens with one attached hydrogen (secondary N) is 1. The molecular weight excluding hydrogens is 401 g/mol. The molecule has 0 aliphatic carbocycles. The highest BCUT2D eigenvalue weighted by Gasteiger charge is 2.32. The van der Waals surface area contributed by atoms with Crippen LogP contribution in [-0.2, 0) is 22.8 Å². The van der Waals surface area contributed by atoms with Crippen molar-refractivity contribution in [1.82, 2.24) is 9.71 Å². The maximum atomic E-state index is 12.7. The highest BCUT2D eigenvalue weighted by Crippen LogP contribution is 2.32. The van der Waals surface area contributed by atoms with Crippen LogP contribution in [0.5, 0.6) is 0 Å². The maximum absolute atomic E-state index is 12.7. The van der Waals surface area contributed by atoms with Crippen molar-refractivity contribution in [3.05, 3.63) is 65.0 Å². The molecule has 0 radical (unpaired) electrons. The number of aromatic nitrogens is 1. The van der Waals surface area contributed by atoms with Gasteiger partial charge in [-0.1, -0.05) is 12.1 Å². The molecule has 1 aromatic carbocycles. The molecule has 7 nitrogen and oxygen atoms in total. The number of halogens is 3. The first-order chi connectivity index (χ1) is 13.1. The summed E-state index contributed by atoms with van der Waals surface area (Å²) in [5, 5.41) is 16.7. The van der Waals surface area contributed by atoms with Crippen LogP contribution in [0, 0.1) is 0 Å². The number of nitrogens with zero attached hydrogens (tertiary/aromatic N) is 1. The monoisotopic (exact) mass is 418 g/mol. The second kappa shape index (κ2) is 8.67. The largest absolute Gasteiger partial charge is 0.416 e. The van der Waals surface area contributed by atoms with E-state index in [9.17, 15) is 26.4 Å². The van der Waals surface area contributed by atoms with Gasteiger partial charge in [0, 0.05) is 12.8 Å². The Kier molecular flexibility index (Phi) is 6.75. The highest BCUT2D eigenvalue weighted by molar-refractivity contribution is 7.90. The highest BCUT2D eigenvalue weighted by atomic mass is 32.2. The van der Waals surface area contributed by atoms with Crippen molar-refractivity contribution in [2.24, 2.45) is 0 Å². The first-order valence-corrected chi connectivity index (χ1v) is 9.53. The summed E-state index contributed by atoms with van der Waals surface area (Å²) in [6.45, 7) is -0.916. The molecule has 1 aromatic heterocycles. The Labute approximate surface area is 158 Å². The molecule has 0 aliphatic heterocycles. The van der Waals surface area contributed by atoms with E-state index in [1.54, 1.807) is 0 Å². The third kappa shape index (κ3) is 5.27. The molecule has 0 spiro atoms. The Morgan fingerprint density at radius 1 is 1.11 bits per heavy atom. The van der Waals surface area contributed by atoms with Gasteiger partial charge in [0.25, 0.3) is 5.91 Å². The number of amides is 1. The number of sulfonamides is 1. The Balaban J connectivity index is 2.26. The lowest BCUT2D eigenvalue weighted by molar-refractivity contribution is -0.137. The summed E-state index contributed by atoms with van der Waals surface area (Å²) < 4.78 is 65.0. The van der Waals surface area contributed by atoms with E-state index < -0.39 is 39.5 Å². The first kappa shape index (κ1) is 21.8. The number of carbonyl (C=O) groups is 1. The van der Waals surface area contributed by atoms with Gasteiger partial charge < -0.3 is 10.2 Å². The van der Waals surface area contributed by atoms with Gasteiger partial charge in [-0.25, -0.2) is 13.1 Å². The van der Waals surface area contributed by atoms with Gasteiger partial charge in [0.1, 0.15) is 5.25 Å². The fraction of sp³-hybridized carbons (Fsp3) is 0.294. The minimum atomic E-state index is -4.58. The molecule has 0 bridgehead atoms. The number of benzene rings is 1. The van der Waals surface area contributed by atoms with E-state index in [0.717, 1.165) is 30.5 Å². The number of carbonyl (C=O) groups excluding carboxylic acids is 1. The average Bonchev–Trinajstić information content (AvgIpc) is 2.65. The quantitative estimate of drug-likeness (QED) is 0.631. The Bertz CT molecular complexity index is 913. The van der Waals surface area contributed by atoms with Crippen LogP contribution in [0.1, 0.15) is 38.8 Å². The zero-order valence-electron chi connectivity index (χ0n) is 14.3. The van der Waals surface area contributed by atoms with Crippen LogP contribution in [0.4, 0.5) is 13.2 Å². The van der Waals surface area contributed by atoms with Crippen LogP contribution in [0.3, 0.4) is 0 Å². The van der Waals surface area contributed by atoms with Crippen LogP contribution in [-0.4, -0.2) is 36.1 Å². The smallest absolute Gasteiger partial charge is 0.396 e. The topological polar surface area (TPSA) is 117 Å². The normalized spacial score (nSPS) is 13.2. The fourth-order valence-electron chi connectivity index (χ4n) is 2.42.